The maximum atomic E-state index is 10.4. The van der Waals surface area contributed by atoms with Crippen LogP contribution in [0.4, 0.5) is 5.69 Å². The molecule has 0 bridgehead atoms. The molecule has 0 aliphatic rings. The number of hydrogen-bond acceptors (Lipinski definition) is 4. The van der Waals surface area contributed by atoms with Crippen molar-refractivity contribution < 1.29 is 14.8 Å². The normalized spacial score (nSPS) is 9.79. The van der Waals surface area contributed by atoms with Gasteiger partial charge in [-0.15, -0.1) is 0 Å². The van der Waals surface area contributed by atoms with Crippen molar-refractivity contribution in [3.05, 3.63) is 28.3 Å². The molecule has 0 aromatic heterocycles. The number of nitrogens with zero attached hydrogens (tertiary/aromatic N) is 1. The molecule has 0 heterocycles. The van der Waals surface area contributed by atoms with E-state index in [-0.39, 0.29) is 11.4 Å². The summed E-state index contributed by atoms with van der Waals surface area (Å²) in [6, 6.07) is 3.96. The van der Waals surface area contributed by atoms with Gasteiger partial charge in [0.1, 0.15) is 5.75 Å². The minimum Gasteiger partial charge on any atom is -0.502 e. The first-order valence-electron chi connectivity index (χ1n) is 4.25. The zero-order valence-electron chi connectivity index (χ0n) is 7.77. The van der Waals surface area contributed by atoms with E-state index in [1.807, 2.05) is 6.92 Å². The number of nitro benzene ring substituents is 1. The summed E-state index contributed by atoms with van der Waals surface area (Å²) in [5.41, 5.74) is -0.335. The summed E-state index contributed by atoms with van der Waals surface area (Å²) in [7, 11) is 0. The van der Waals surface area contributed by atoms with E-state index in [4.69, 9.17) is 9.84 Å². The van der Waals surface area contributed by atoms with Crippen molar-refractivity contribution in [1.82, 2.24) is 0 Å². The fourth-order valence-corrected chi connectivity index (χ4v) is 0.959. The Morgan fingerprint density at radius 1 is 1.57 bits per heavy atom. The van der Waals surface area contributed by atoms with Gasteiger partial charge in [-0.3, -0.25) is 10.1 Å². The van der Waals surface area contributed by atoms with Crippen molar-refractivity contribution in [2.75, 3.05) is 6.61 Å². The van der Waals surface area contributed by atoms with Gasteiger partial charge in [-0.05, 0) is 18.6 Å². The van der Waals surface area contributed by atoms with Crippen molar-refractivity contribution in [3.8, 4) is 11.5 Å². The molecule has 5 heteroatoms. The molecule has 1 aromatic carbocycles. The summed E-state index contributed by atoms with van der Waals surface area (Å²) in [4.78, 5) is 9.79. The molecule has 0 aliphatic carbocycles. The van der Waals surface area contributed by atoms with E-state index in [2.05, 4.69) is 0 Å². The van der Waals surface area contributed by atoms with Crippen molar-refractivity contribution in [2.45, 2.75) is 13.3 Å². The minimum absolute atomic E-state index is 0.335. The van der Waals surface area contributed by atoms with Crippen molar-refractivity contribution >= 4 is 5.69 Å². The highest BCUT2D eigenvalue weighted by Crippen LogP contribution is 2.29. The Morgan fingerprint density at radius 3 is 2.86 bits per heavy atom. The van der Waals surface area contributed by atoms with Gasteiger partial charge in [0.25, 0.3) is 0 Å². The molecule has 0 amide bonds. The third-order valence-electron chi connectivity index (χ3n) is 1.62. The lowest BCUT2D eigenvalue weighted by Crippen LogP contribution is -1.96. The molecule has 0 unspecified atom stereocenters. The second kappa shape index (κ2) is 4.45. The zero-order valence-corrected chi connectivity index (χ0v) is 7.77. The second-order valence-corrected chi connectivity index (χ2v) is 2.76. The number of phenolic OH excluding ortho intramolecular Hbond substituents is 1. The third-order valence-corrected chi connectivity index (χ3v) is 1.62. The molecule has 0 radical (unpaired) electrons. The van der Waals surface area contributed by atoms with E-state index in [1.54, 1.807) is 0 Å². The van der Waals surface area contributed by atoms with Crippen molar-refractivity contribution in [2.24, 2.45) is 0 Å². The van der Waals surface area contributed by atoms with Gasteiger partial charge in [-0.2, -0.15) is 0 Å². The zero-order chi connectivity index (χ0) is 10.6. The van der Waals surface area contributed by atoms with Crippen molar-refractivity contribution in [3.63, 3.8) is 0 Å². The maximum absolute atomic E-state index is 10.4. The van der Waals surface area contributed by atoms with Gasteiger partial charge in [0.05, 0.1) is 17.6 Å². The molecule has 1 rings (SSSR count). The highest BCUT2D eigenvalue weighted by atomic mass is 16.6. The summed E-state index contributed by atoms with van der Waals surface area (Å²) in [6.07, 6.45) is 0.828. The van der Waals surface area contributed by atoms with Crippen LogP contribution in [-0.2, 0) is 0 Å². The fourth-order valence-electron chi connectivity index (χ4n) is 0.959. The molecular weight excluding hydrogens is 186 g/mol. The van der Waals surface area contributed by atoms with E-state index >= 15 is 0 Å². The van der Waals surface area contributed by atoms with E-state index in [0.717, 1.165) is 6.42 Å². The quantitative estimate of drug-likeness (QED) is 0.592. The summed E-state index contributed by atoms with van der Waals surface area (Å²) in [6.45, 7) is 2.44. The van der Waals surface area contributed by atoms with Gasteiger partial charge in [0, 0.05) is 0 Å². The molecule has 0 saturated carbocycles. The van der Waals surface area contributed by atoms with Crippen molar-refractivity contribution in [1.29, 1.82) is 0 Å². The number of aromatic hydroxyl groups is 1. The summed E-state index contributed by atoms with van der Waals surface area (Å²) >= 11 is 0. The van der Waals surface area contributed by atoms with Gasteiger partial charge >= 0.3 is 5.69 Å². The molecule has 0 saturated heterocycles. The fraction of sp³-hybridized carbons (Fsp3) is 0.333. The predicted molar refractivity (Wildman–Crippen MR) is 50.5 cm³/mol. The largest absolute Gasteiger partial charge is 0.502 e. The first-order valence-corrected chi connectivity index (χ1v) is 4.25. The van der Waals surface area contributed by atoms with Crippen LogP contribution >= 0.6 is 0 Å². The second-order valence-electron chi connectivity index (χ2n) is 2.76. The van der Waals surface area contributed by atoms with Crippen LogP contribution in [0.25, 0.3) is 0 Å². The average molecular weight is 197 g/mol. The van der Waals surface area contributed by atoms with Gasteiger partial charge in [0.2, 0.25) is 0 Å². The molecule has 1 aromatic rings. The molecule has 0 aliphatic heterocycles. The summed E-state index contributed by atoms with van der Waals surface area (Å²) in [5, 5.41) is 19.6. The standard InChI is InChI=1S/C9H11NO4/c1-2-5-14-7-3-4-9(11)8(6-7)10(12)13/h3-4,6,11H,2,5H2,1H3. The van der Waals surface area contributed by atoms with E-state index in [0.29, 0.717) is 12.4 Å². The number of hydrogen-bond donors (Lipinski definition) is 1. The van der Waals surface area contributed by atoms with Crippen LogP contribution in [0.15, 0.2) is 18.2 Å². The maximum Gasteiger partial charge on any atom is 0.314 e. The highest BCUT2D eigenvalue weighted by molar-refractivity contribution is 5.49. The lowest BCUT2D eigenvalue weighted by Gasteiger charge is -2.04. The predicted octanol–water partition coefficient (Wildman–Crippen LogP) is 2.09. The summed E-state index contributed by atoms with van der Waals surface area (Å²) < 4.78 is 5.19. The van der Waals surface area contributed by atoms with Gasteiger partial charge in [-0.1, -0.05) is 6.92 Å². The molecule has 14 heavy (non-hydrogen) atoms. The van der Waals surface area contributed by atoms with Gasteiger partial charge in [0.15, 0.2) is 5.75 Å². The van der Waals surface area contributed by atoms with Crippen LogP contribution in [0.5, 0.6) is 11.5 Å². The first-order chi connectivity index (χ1) is 6.65. The Bertz CT molecular complexity index is 338. The monoisotopic (exact) mass is 197 g/mol. The lowest BCUT2D eigenvalue weighted by molar-refractivity contribution is -0.385. The highest BCUT2D eigenvalue weighted by Gasteiger charge is 2.13. The molecule has 0 fully saturated rings. The number of rotatable bonds is 4. The molecule has 5 nitrogen and oxygen atoms in total. The van der Waals surface area contributed by atoms with E-state index in [1.165, 1.54) is 18.2 Å². The SMILES string of the molecule is CCCOc1ccc(O)c([N+](=O)[O-])c1. The van der Waals surface area contributed by atoms with Crippen LogP contribution in [0.3, 0.4) is 0 Å². The third kappa shape index (κ3) is 2.35. The summed E-state index contributed by atoms with van der Waals surface area (Å²) in [5.74, 6) is 0.0511. The van der Waals surface area contributed by atoms with Gasteiger partial charge in [-0.25, -0.2) is 0 Å². The number of nitro groups is 1. The Balaban J connectivity index is 2.89. The average Bonchev–Trinajstić information content (AvgIpc) is 2.16. The minimum atomic E-state index is -0.645. The van der Waals surface area contributed by atoms with E-state index in [9.17, 15) is 10.1 Å². The molecular formula is C9H11NO4. The number of phenols is 1. The number of ether oxygens (including phenoxy) is 1. The van der Waals surface area contributed by atoms with E-state index < -0.39 is 4.92 Å². The van der Waals surface area contributed by atoms with Crippen LogP contribution in [0, 0.1) is 10.1 Å². The Hall–Kier alpha value is -1.78. The Labute approximate surface area is 81.1 Å². The molecule has 0 atom stereocenters. The van der Waals surface area contributed by atoms with Crippen LogP contribution in [-0.4, -0.2) is 16.6 Å². The molecule has 1 N–H and O–H groups in total. The Morgan fingerprint density at radius 2 is 2.29 bits per heavy atom. The van der Waals surface area contributed by atoms with Crippen LogP contribution in [0.1, 0.15) is 13.3 Å². The smallest absolute Gasteiger partial charge is 0.314 e. The lowest BCUT2D eigenvalue weighted by atomic mass is 10.3. The first kappa shape index (κ1) is 10.3. The topological polar surface area (TPSA) is 72.6 Å². The van der Waals surface area contributed by atoms with Gasteiger partial charge < -0.3 is 9.84 Å². The molecule has 0 spiro atoms. The van der Waals surface area contributed by atoms with Crippen LogP contribution < -0.4 is 4.74 Å². The molecule has 76 valence electrons. The Kier molecular flexibility index (Phi) is 3.28. The number of benzene rings is 1. The van der Waals surface area contributed by atoms with Crippen LogP contribution in [0.2, 0.25) is 0 Å².